The van der Waals surface area contributed by atoms with Crippen LogP contribution >= 0.6 is 0 Å². The minimum atomic E-state index is -0.795. The Morgan fingerprint density at radius 1 is 0.807 bits per heavy atom. The molecule has 0 amide bonds. The normalized spacial score (nSPS) is 30.5. The summed E-state index contributed by atoms with van der Waals surface area (Å²) in [4.78, 5) is 40.3. The molecule has 3 aliphatic heterocycles. The van der Waals surface area contributed by atoms with Gasteiger partial charge in [0.25, 0.3) is 0 Å². The fourth-order valence-corrected chi connectivity index (χ4v) is 10.9. The third-order valence-electron chi connectivity index (χ3n) is 13.6. The number of benzene rings is 2. The van der Waals surface area contributed by atoms with E-state index in [1.807, 2.05) is 24.3 Å². The number of nitrogens with one attached hydrogen (secondary N) is 2. The maximum Gasteiger partial charge on any atom is 0.373 e. The van der Waals surface area contributed by atoms with Crippen molar-refractivity contribution >= 4 is 33.9 Å². The van der Waals surface area contributed by atoms with Crippen molar-refractivity contribution in [3.8, 4) is 6.19 Å². The average Bonchev–Trinajstić information content (AvgIpc) is 3.77. The SMILES string of the molecule is C.COC(=O)[C@@H]1[C@H]2C[C@@H](O)c3[nH]c4ccccc4c3CCN(C#N)C[C@@H]2CC[C@@H]1O.C[C@@H]1[C@H]2C[C@H]3c4[nH]c5ccccc5c4CCN3C[C@@H]2CC[C@@H]1O.O=C=O.[Y]. The summed E-state index contributed by atoms with van der Waals surface area (Å²) in [5.74, 6) is 0.536. The summed E-state index contributed by atoms with van der Waals surface area (Å²) in [6.45, 7) is 5.76. The number of para-hydroxylation sites is 2. The molecular weight excluding hydrogens is 799 g/mol. The molecule has 4 aromatic rings. The van der Waals surface area contributed by atoms with Crippen molar-refractivity contribution in [2.45, 2.75) is 90.1 Å². The van der Waals surface area contributed by atoms with Gasteiger partial charge >= 0.3 is 12.1 Å². The monoisotopic (exact) mass is 856 g/mol. The van der Waals surface area contributed by atoms with E-state index in [1.165, 1.54) is 56.1 Å². The number of hydrogen-bond acceptors (Lipinski definition) is 10. The predicted octanol–water partition coefficient (Wildman–Crippen LogP) is 5.65. The van der Waals surface area contributed by atoms with Crippen LogP contribution in [0.4, 0.5) is 0 Å². The Labute approximate surface area is 360 Å². The standard InChI is InChI=1S/C22H27N3O4.C20H26N2O.CO2.CH4.Y/c1-29-22(28)20-16-10-19(27)21-15(14-4-2-3-5-17(14)24-21)8-9-25(12-23)11-13(16)6-7-18(20)26;1-12-16-10-18-20-15(14-4-2-3-5-17(14)21-20)8-9-22(18)11-13(16)6-7-19(12)23;2-1-3;;/h2-5,13,16,18-20,24,26-27H,6-11H2,1H3;2-5,12-13,16,18-19,21,23H,6-11H2,1H3;;1H4;/t13-,16-,18-,19+,20+;12-,13+,16-,18+,19+;;;/m01.../s1. The predicted molar refractivity (Wildman–Crippen MR) is 211 cm³/mol. The zero-order chi connectivity index (χ0) is 38.8. The van der Waals surface area contributed by atoms with Crippen molar-refractivity contribution in [2.75, 3.05) is 33.3 Å². The Hall–Kier alpha value is -3.40. The van der Waals surface area contributed by atoms with Gasteiger partial charge in [-0.15, -0.1) is 0 Å². The number of esters is 1. The van der Waals surface area contributed by atoms with E-state index in [9.17, 15) is 25.4 Å². The van der Waals surface area contributed by atoms with Crippen LogP contribution in [-0.2, 0) is 64.7 Å². The average molecular weight is 857 g/mol. The number of methoxy groups -OCH3 is 1. The molecule has 0 spiro atoms. The Kier molecular flexibility index (Phi) is 15.3. The van der Waals surface area contributed by atoms with Crippen LogP contribution in [0.15, 0.2) is 48.5 Å². The number of ether oxygens (including phenoxy) is 1. The van der Waals surface area contributed by atoms with E-state index < -0.39 is 24.1 Å². The van der Waals surface area contributed by atoms with Crippen LogP contribution in [0.1, 0.15) is 87.5 Å². The van der Waals surface area contributed by atoms with Gasteiger partial charge in [0.05, 0.1) is 37.4 Å². The fourth-order valence-electron chi connectivity index (χ4n) is 10.9. The summed E-state index contributed by atoms with van der Waals surface area (Å²) in [6.07, 6.45) is 7.66. The van der Waals surface area contributed by atoms with E-state index in [0.717, 1.165) is 34.5 Å². The molecule has 13 heteroatoms. The third-order valence-corrected chi connectivity index (χ3v) is 13.6. The third kappa shape index (κ3) is 8.96. The summed E-state index contributed by atoms with van der Waals surface area (Å²) in [7, 11) is 1.33. The van der Waals surface area contributed by atoms with Gasteiger partial charge in [-0.2, -0.15) is 14.9 Å². The Morgan fingerprint density at radius 3 is 2.00 bits per heavy atom. The van der Waals surface area contributed by atoms with Gasteiger partial charge in [-0.1, -0.05) is 50.7 Å². The number of aromatic nitrogens is 2. The molecule has 3 fully saturated rings. The number of rotatable bonds is 1. The number of carbonyl (C=O) groups is 1. The Morgan fingerprint density at radius 2 is 1.37 bits per heavy atom. The molecule has 5 N–H and O–H groups in total. The zero-order valence-corrected chi connectivity index (χ0v) is 35.1. The molecule has 9 rings (SSSR count). The van der Waals surface area contributed by atoms with E-state index in [4.69, 9.17) is 14.3 Å². The molecular formula is C44H57N5O7Y. The topological polar surface area (TPSA) is 183 Å². The second-order valence-corrected chi connectivity index (χ2v) is 16.3. The van der Waals surface area contributed by atoms with Gasteiger partial charge in [-0.25, -0.2) is 0 Å². The first kappa shape index (κ1) is 44.7. The molecule has 0 unspecified atom stereocenters. The summed E-state index contributed by atoms with van der Waals surface area (Å²) in [5, 5.41) is 44.1. The summed E-state index contributed by atoms with van der Waals surface area (Å²) >= 11 is 0. The maximum atomic E-state index is 12.5. The largest absolute Gasteiger partial charge is 0.469 e. The van der Waals surface area contributed by atoms with Crippen LogP contribution in [0.25, 0.3) is 21.8 Å². The second kappa shape index (κ2) is 19.6. The first-order valence-electron chi connectivity index (χ1n) is 19.9. The molecule has 57 heavy (non-hydrogen) atoms. The van der Waals surface area contributed by atoms with Gasteiger partial charge in [-0.3, -0.25) is 9.69 Å². The van der Waals surface area contributed by atoms with Gasteiger partial charge in [0.2, 0.25) is 0 Å². The number of aliphatic hydroxyl groups is 3. The van der Waals surface area contributed by atoms with E-state index in [2.05, 4.69) is 52.3 Å². The van der Waals surface area contributed by atoms with Crippen molar-refractivity contribution in [3.05, 3.63) is 71.0 Å². The van der Waals surface area contributed by atoms with Crippen molar-refractivity contribution < 1.29 is 67.1 Å². The minimum absolute atomic E-state index is 0. The number of nitrogens with zero attached hydrogens (tertiary/aromatic N) is 3. The summed E-state index contributed by atoms with van der Waals surface area (Å²) < 4.78 is 4.98. The first-order chi connectivity index (χ1) is 26.7. The van der Waals surface area contributed by atoms with Crippen LogP contribution in [0.2, 0.25) is 0 Å². The molecule has 12 nitrogen and oxygen atoms in total. The smallest absolute Gasteiger partial charge is 0.373 e. The number of carbonyl (C=O) groups excluding carboxylic acids is 3. The van der Waals surface area contributed by atoms with Gasteiger partial charge in [0.15, 0.2) is 6.19 Å². The van der Waals surface area contributed by atoms with E-state index in [-0.39, 0.29) is 64.2 Å². The minimum Gasteiger partial charge on any atom is -0.469 e. The van der Waals surface area contributed by atoms with Crippen LogP contribution < -0.4 is 0 Å². The number of H-pyrrole nitrogens is 2. The molecule has 2 saturated carbocycles. The van der Waals surface area contributed by atoms with Gasteiger partial charge in [0.1, 0.15) is 0 Å². The molecule has 5 aliphatic rings. The van der Waals surface area contributed by atoms with E-state index in [0.29, 0.717) is 56.7 Å². The zero-order valence-electron chi connectivity index (χ0n) is 32.3. The van der Waals surface area contributed by atoms with Gasteiger partial charge in [-0.05, 0) is 104 Å². The Balaban J connectivity index is 0.000000201. The summed E-state index contributed by atoms with van der Waals surface area (Å²) in [6, 6.07) is 17.2. The van der Waals surface area contributed by atoms with Crippen molar-refractivity contribution in [1.82, 2.24) is 19.8 Å². The number of aliphatic hydroxyl groups excluding tert-OH is 3. The number of fused-ring (bicyclic) bond motifs is 10. The van der Waals surface area contributed by atoms with Crippen LogP contribution in [-0.4, -0.2) is 92.7 Å². The van der Waals surface area contributed by atoms with Crippen LogP contribution in [0.3, 0.4) is 0 Å². The second-order valence-electron chi connectivity index (χ2n) is 16.3. The molecule has 5 heterocycles. The first-order valence-corrected chi connectivity index (χ1v) is 19.9. The fraction of sp³-hybridized carbons (Fsp3) is 0.568. The molecule has 303 valence electrons. The van der Waals surface area contributed by atoms with Crippen LogP contribution in [0, 0.1) is 47.0 Å². The molecule has 2 aliphatic carbocycles. The number of aromatic amines is 2. The molecule has 1 radical (unpaired) electrons. The molecule has 2 aromatic heterocycles. The van der Waals surface area contributed by atoms with Crippen LogP contribution in [0.5, 0.6) is 0 Å². The molecule has 10 atom stereocenters. The van der Waals surface area contributed by atoms with Crippen molar-refractivity contribution in [1.29, 1.82) is 5.26 Å². The number of hydrogen-bond donors (Lipinski definition) is 5. The van der Waals surface area contributed by atoms with Crippen molar-refractivity contribution in [2.24, 2.45) is 35.5 Å². The van der Waals surface area contributed by atoms with E-state index >= 15 is 0 Å². The number of piperidine rings is 1. The maximum absolute atomic E-state index is 12.5. The molecule has 2 aromatic carbocycles. The van der Waals surface area contributed by atoms with Crippen molar-refractivity contribution in [3.63, 3.8) is 0 Å². The molecule has 1 saturated heterocycles. The summed E-state index contributed by atoms with van der Waals surface area (Å²) in [5.41, 5.74) is 7.00. The number of nitriles is 1. The quantitative estimate of drug-likeness (QED) is 0.119. The van der Waals surface area contributed by atoms with Gasteiger partial charge in [0, 0.05) is 92.1 Å². The van der Waals surface area contributed by atoms with Gasteiger partial charge < -0.3 is 34.9 Å². The van der Waals surface area contributed by atoms with E-state index in [1.54, 1.807) is 10.5 Å². The molecule has 0 bridgehead atoms. The Bertz CT molecular complexity index is 2050.